The zero-order chi connectivity index (χ0) is 32.1. The van der Waals surface area contributed by atoms with Crippen LogP contribution in [0.2, 0.25) is 0 Å². The third kappa shape index (κ3) is 15.6. The molecule has 0 radical (unpaired) electrons. The van der Waals surface area contributed by atoms with Crippen molar-refractivity contribution in [2.45, 2.75) is 65.6 Å². The lowest BCUT2D eigenvalue weighted by atomic mass is 9.99. The van der Waals surface area contributed by atoms with Gasteiger partial charge in [-0.3, -0.25) is 4.79 Å². The molecule has 0 saturated carbocycles. The summed E-state index contributed by atoms with van der Waals surface area (Å²) in [4.78, 5) is 18.2. The van der Waals surface area contributed by atoms with Gasteiger partial charge >= 0.3 is 0 Å². The lowest BCUT2D eigenvalue weighted by Crippen LogP contribution is -2.48. The Hall–Kier alpha value is -2.30. The first-order chi connectivity index (χ1) is 21.1. The van der Waals surface area contributed by atoms with Crippen LogP contribution in [-0.2, 0) is 25.8 Å². The molecule has 0 saturated heterocycles. The number of nitrogens with zero attached hydrogens (tertiary/aromatic N) is 2. The smallest absolute Gasteiger partial charge is 0.251 e. The van der Waals surface area contributed by atoms with E-state index in [2.05, 4.69) is 66.5 Å². The normalized spacial score (nSPS) is 12.1. The Labute approximate surface area is 298 Å². The fraction of sp³-hybridized carbons (Fsp3) is 0.472. The number of carbonyl (C=O) groups is 1. The zero-order valence-electron chi connectivity index (χ0n) is 28.2. The van der Waals surface area contributed by atoms with Crippen molar-refractivity contribution < 1.29 is 18.7 Å². The molecule has 1 amide bonds. The van der Waals surface area contributed by atoms with Crippen LogP contribution in [-0.4, -0.2) is 79.3 Å². The fourth-order valence-electron chi connectivity index (χ4n) is 5.41. The lowest BCUT2D eigenvalue weighted by Gasteiger charge is -2.25. The number of aliphatic hydroxyl groups excluding tert-OH is 1. The second-order valence-corrected chi connectivity index (χ2v) is 11.7. The topological polar surface area (TPSA) is 67.8 Å². The summed E-state index contributed by atoms with van der Waals surface area (Å²) in [5.74, 6) is -1.72. The van der Waals surface area contributed by atoms with Gasteiger partial charge in [0.1, 0.15) is 11.6 Å². The SMILES string of the molecule is CCc1cccc(CNC[C@@H](O)[C@H](Cc2cc(F)cc(F)c2)NC(=O)c2cc(C)cc(CCN(C)CCN(CC)CC)c2)c1.Cl.Cl.Cl. The Morgan fingerprint density at radius 3 is 2.13 bits per heavy atom. The van der Waals surface area contributed by atoms with Crippen LogP contribution >= 0.6 is 37.2 Å². The van der Waals surface area contributed by atoms with Crippen LogP contribution in [0.5, 0.6) is 0 Å². The van der Waals surface area contributed by atoms with Gasteiger partial charge in [-0.2, -0.15) is 0 Å². The molecule has 264 valence electrons. The number of benzene rings is 3. The van der Waals surface area contributed by atoms with Gasteiger partial charge in [0.25, 0.3) is 5.91 Å². The molecule has 3 aromatic rings. The molecule has 0 bridgehead atoms. The largest absolute Gasteiger partial charge is 0.390 e. The highest BCUT2D eigenvalue weighted by molar-refractivity contribution is 5.94. The van der Waals surface area contributed by atoms with Crippen molar-refractivity contribution in [2.24, 2.45) is 0 Å². The van der Waals surface area contributed by atoms with Gasteiger partial charge in [-0.25, -0.2) is 8.78 Å². The van der Waals surface area contributed by atoms with Gasteiger partial charge in [0.2, 0.25) is 0 Å². The minimum Gasteiger partial charge on any atom is -0.390 e. The monoisotopic (exact) mass is 716 g/mol. The number of aryl methyl sites for hydroxylation is 2. The quantitative estimate of drug-likeness (QED) is 0.142. The number of hydrogen-bond donors (Lipinski definition) is 3. The van der Waals surface area contributed by atoms with E-state index in [9.17, 15) is 18.7 Å². The number of nitrogens with one attached hydrogen (secondary N) is 2. The highest BCUT2D eigenvalue weighted by atomic mass is 35.5. The van der Waals surface area contributed by atoms with Gasteiger partial charge < -0.3 is 25.5 Å². The van der Waals surface area contributed by atoms with Gasteiger partial charge in [0.05, 0.1) is 12.1 Å². The van der Waals surface area contributed by atoms with Gasteiger partial charge in [-0.15, -0.1) is 37.2 Å². The summed E-state index contributed by atoms with van der Waals surface area (Å²) in [7, 11) is 2.11. The summed E-state index contributed by atoms with van der Waals surface area (Å²) >= 11 is 0. The average molecular weight is 718 g/mol. The molecule has 3 rings (SSSR count). The van der Waals surface area contributed by atoms with E-state index < -0.39 is 23.8 Å². The van der Waals surface area contributed by atoms with Crippen molar-refractivity contribution in [3.63, 3.8) is 0 Å². The van der Waals surface area contributed by atoms with Crippen LogP contribution in [0.1, 0.15) is 58.9 Å². The number of amides is 1. The van der Waals surface area contributed by atoms with Gasteiger partial charge in [0, 0.05) is 44.4 Å². The number of hydrogen-bond acceptors (Lipinski definition) is 5. The van der Waals surface area contributed by atoms with E-state index in [-0.39, 0.29) is 56.1 Å². The molecule has 0 aromatic heterocycles. The first kappa shape index (κ1) is 44.7. The molecule has 0 spiro atoms. The van der Waals surface area contributed by atoms with Crippen LogP contribution in [0.25, 0.3) is 0 Å². The maximum atomic E-state index is 14.0. The summed E-state index contributed by atoms with van der Waals surface area (Å²) < 4.78 is 28.0. The van der Waals surface area contributed by atoms with E-state index in [1.165, 1.54) is 17.7 Å². The molecule has 0 unspecified atom stereocenters. The molecule has 11 heteroatoms. The molecule has 0 heterocycles. The molecule has 2 atom stereocenters. The molecule has 3 N–H and O–H groups in total. The van der Waals surface area contributed by atoms with Crippen LogP contribution in [0, 0.1) is 18.6 Å². The number of carbonyl (C=O) groups excluding carboxylic acids is 1. The van der Waals surface area contributed by atoms with Crippen molar-refractivity contribution in [1.29, 1.82) is 0 Å². The van der Waals surface area contributed by atoms with Crippen molar-refractivity contribution in [1.82, 2.24) is 20.4 Å². The Kier molecular flexibility index (Phi) is 22.0. The van der Waals surface area contributed by atoms with Crippen molar-refractivity contribution in [3.8, 4) is 0 Å². The third-order valence-corrected chi connectivity index (χ3v) is 8.12. The predicted molar refractivity (Wildman–Crippen MR) is 197 cm³/mol. The first-order valence-electron chi connectivity index (χ1n) is 15.8. The summed E-state index contributed by atoms with van der Waals surface area (Å²) in [5.41, 5.74) is 5.21. The Balaban J connectivity index is 0.00000705. The summed E-state index contributed by atoms with van der Waals surface area (Å²) in [6, 6.07) is 16.5. The number of likely N-dealkylation sites (N-methyl/N-ethyl adjacent to an activating group) is 2. The van der Waals surface area contributed by atoms with Crippen molar-refractivity contribution in [2.75, 3.05) is 46.3 Å². The maximum Gasteiger partial charge on any atom is 0.251 e. The van der Waals surface area contributed by atoms with Crippen LogP contribution < -0.4 is 10.6 Å². The molecule has 0 aliphatic heterocycles. The highest BCUT2D eigenvalue weighted by Crippen LogP contribution is 2.15. The lowest BCUT2D eigenvalue weighted by molar-refractivity contribution is 0.0829. The molecule has 0 fully saturated rings. The molecule has 47 heavy (non-hydrogen) atoms. The van der Waals surface area contributed by atoms with E-state index in [1.807, 2.05) is 31.2 Å². The van der Waals surface area contributed by atoms with E-state index in [0.29, 0.717) is 17.7 Å². The highest BCUT2D eigenvalue weighted by Gasteiger charge is 2.23. The Morgan fingerprint density at radius 2 is 1.49 bits per heavy atom. The maximum absolute atomic E-state index is 14.0. The summed E-state index contributed by atoms with van der Waals surface area (Å²) in [6.07, 6.45) is 0.811. The van der Waals surface area contributed by atoms with Crippen LogP contribution in [0.4, 0.5) is 8.78 Å². The average Bonchev–Trinajstić information content (AvgIpc) is 2.99. The van der Waals surface area contributed by atoms with Gasteiger partial charge in [-0.05, 0) is 92.8 Å². The third-order valence-electron chi connectivity index (χ3n) is 8.12. The van der Waals surface area contributed by atoms with E-state index in [1.54, 1.807) is 0 Å². The second-order valence-electron chi connectivity index (χ2n) is 11.7. The standard InChI is InChI=1S/C36H50F2N4O2.3ClH/c1-6-27-10-9-11-29(18-27)24-39-25-35(43)34(22-30-20-32(37)23-33(38)21-30)40-36(44)31-17-26(4)16-28(19-31)12-13-41(5)14-15-42(7-2)8-3;;;/h9-11,16-21,23,34-35,39,43H,6-8,12-15,22,24-25H2,1-5H3,(H,40,44);3*1H/t34-,35+;;;/m0.../s1. The van der Waals surface area contributed by atoms with Crippen molar-refractivity contribution in [3.05, 3.63) is 106 Å². The van der Waals surface area contributed by atoms with Crippen molar-refractivity contribution >= 4 is 43.1 Å². The minimum atomic E-state index is -0.997. The van der Waals surface area contributed by atoms with E-state index in [4.69, 9.17) is 0 Å². The molecular weight excluding hydrogens is 665 g/mol. The number of rotatable bonds is 18. The second kappa shape index (κ2) is 23.1. The molecular formula is C36H53Cl3F2N4O2. The summed E-state index contributed by atoms with van der Waals surface area (Å²) in [6.45, 7) is 14.1. The molecule has 3 aromatic carbocycles. The van der Waals surface area contributed by atoms with Crippen LogP contribution in [0.3, 0.4) is 0 Å². The van der Waals surface area contributed by atoms with Crippen LogP contribution in [0.15, 0.2) is 60.7 Å². The molecule has 6 nitrogen and oxygen atoms in total. The zero-order valence-corrected chi connectivity index (χ0v) is 30.7. The fourth-order valence-corrected chi connectivity index (χ4v) is 5.41. The number of halogens is 5. The predicted octanol–water partition coefficient (Wildman–Crippen LogP) is 6.41. The summed E-state index contributed by atoms with van der Waals surface area (Å²) in [5, 5.41) is 17.4. The molecule has 0 aliphatic carbocycles. The van der Waals surface area contributed by atoms with E-state index >= 15 is 0 Å². The minimum absolute atomic E-state index is 0. The Bertz CT molecular complexity index is 1330. The molecule has 0 aliphatic rings. The van der Waals surface area contributed by atoms with Gasteiger partial charge in [-0.1, -0.05) is 56.7 Å². The van der Waals surface area contributed by atoms with Gasteiger partial charge in [0.15, 0.2) is 0 Å². The first-order valence-corrected chi connectivity index (χ1v) is 15.8. The Morgan fingerprint density at radius 1 is 0.830 bits per heavy atom. The van der Waals surface area contributed by atoms with E-state index in [0.717, 1.165) is 68.3 Å². The number of aliphatic hydroxyl groups is 1.